The Bertz CT molecular complexity index is 364. The summed E-state index contributed by atoms with van der Waals surface area (Å²) in [6.45, 7) is 1.04. The standard InChI is InChI=1S/C16H25NO2/c1-18-15-8-6-13(7-9-15)10-11-17-14-4-3-5-16(12-14)19-2/h6-9,14,16-17H,3-5,10-12H2,1-2H3. The summed E-state index contributed by atoms with van der Waals surface area (Å²) in [6.07, 6.45) is 6.44. The maximum absolute atomic E-state index is 5.46. The van der Waals surface area contributed by atoms with Crippen LogP contribution in [0.1, 0.15) is 31.2 Å². The zero-order chi connectivity index (χ0) is 13.5. The summed E-state index contributed by atoms with van der Waals surface area (Å²) >= 11 is 0. The largest absolute Gasteiger partial charge is 0.497 e. The van der Waals surface area contributed by atoms with E-state index in [1.165, 1.54) is 24.8 Å². The van der Waals surface area contributed by atoms with E-state index >= 15 is 0 Å². The second kappa shape index (κ2) is 7.51. The van der Waals surface area contributed by atoms with Gasteiger partial charge in [-0.15, -0.1) is 0 Å². The monoisotopic (exact) mass is 263 g/mol. The van der Waals surface area contributed by atoms with Crippen molar-refractivity contribution in [2.45, 2.75) is 44.2 Å². The van der Waals surface area contributed by atoms with Crippen LogP contribution in [0.15, 0.2) is 24.3 Å². The molecule has 1 saturated carbocycles. The Morgan fingerprint density at radius 3 is 2.63 bits per heavy atom. The molecule has 1 aromatic rings. The fourth-order valence-corrected chi connectivity index (χ4v) is 2.76. The molecule has 0 bridgehead atoms. The van der Waals surface area contributed by atoms with Crippen LogP contribution in [0.5, 0.6) is 5.75 Å². The van der Waals surface area contributed by atoms with Gasteiger partial charge in [-0.3, -0.25) is 0 Å². The molecule has 0 heterocycles. The average molecular weight is 263 g/mol. The van der Waals surface area contributed by atoms with Gasteiger partial charge >= 0.3 is 0 Å². The lowest BCUT2D eigenvalue weighted by molar-refractivity contribution is 0.0590. The Hall–Kier alpha value is -1.06. The van der Waals surface area contributed by atoms with Crippen molar-refractivity contribution in [3.05, 3.63) is 29.8 Å². The van der Waals surface area contributed by atoms with Gasteiger partial charge in [0.2, 0.25) is 0 Å². The van der Waals surface area contributed by atoms with Crippen LogP contribution in [0, 0.1) is 0 Å². The predicted octanol–water partition coefficient (Wildman–Crippen LogP) is 2.78. The molecule has 1 aliphatic rings. The molecule has 0 spiro atoms. The van der Waals surface area contributed by atoms with E-state index in [2.05, 4.69) is 17.4 Å². The Kier molecular flexibility index (Phi) is 5.67. The van der Waals surface area contributed by atoms with Crippen LogP contribution in [0.3, 0.4) is 0 Å². The lowest BCUT2D eigenvalue weighted by atomic mass is 9.93. The van der Waals surface area contributed by atoms with E-state index in [1.807, 2.05) is 19.2 Å². The van der Waals surface area contributed by atoms with Crippen molar-refractivity contribution in [2.24, 2.45) is 0 Å². The molecular formula is C16H25NO2. The molecule has 1 aromatic carbocycles. The number of ether oxygens (including phenoxy) is 2. The first kappa shape index (κ1) is 14.4. The van der Waals surface area contributed by atoms with E-state index in [1.54, 1.807) is 7.11 Å². The van der Waals surface area contributed by atoms with Crippen molar-refractivity contribution in [1.82, 2.24) is 5.32 Å². The summed E-state index contributed by atoms with van der Waals surface area (Å²) in [4.78, 5) is 0. The van der Waals surface area contributed by atoms with Crippen LogP contribution in [0.2, 0.25) is 0 Å². The van der Waals surface area contributed by atoms with Gasteiger partial charge in [0.1, 0.15) is 5.75 Å². The van der Waals surface area contributed by atoms with Crippen molar-refractivity contribution in [1.29, 1.82) is 0 Å². The smallest absolute Gasteiger partial charge is 0.118 e. The molecule has 0 aliphatic heterocycles. The van der Waals surface area contributed by atoms with Crippen LogP contribution in [-0.4, -0.2) is 32.9 Å². The maximum atomic E-state index is 5.46. The minimum absolute atomic E-state index is 0.451. The predicted molar refractivity (Wildman–Crippen MR) is 77.8 cm³/mol. The first-order valence-corrected chi connectivity index (χ1v) is 7.21. The molecule has 0 saturated heterocycles. The van der Waals surface area contributed by atoms with E-state index in [-0.39, 0.29) is 0 Å². The van der Waals surface area contributed by atoms with Gasteiger partial charge in [-0.2, -0.15) is 0 Å². The summed E-state index contributed by atoms with van der Waals surface area (Å²) < 4.78 is 10.6. The highest BCUT2D eigenvalue weighted by Crippen LogP contribution is 2.20. The molecule has 0 amide bonds. The van der Waals surface area contributed by atoms with Crippen molar-refractivity contribution in [3.63, 3.8) is 0 Å². The first-order valence-electron chi connectivity index (χ1n) is 7.21. The van der Waals surface area contributed by atoms with E-state index in [0.29, 0.717) is 12.1 Å². The molecule has 0 aromatic heterocycles. The normalized spacial score (nSPS) is 23.3. The number of nitrogens with one attached hydrogen (secondary N) is 1. The Balaban J connectivity index is 1.70. The van der Waals surface area contributed by atoms with Gasteiger partial charge in [0.25, 0.3) is 0 Å². The Morgan fingerprint density at radius 1 is 1.16 bits per heavy atom. The third kappa shape index (κ3) is 4.51. The highest BCUT2D eigenvalue weighted by atomic mass is 16.5. The summed E-state index contributed by atoms with van der Waals surface area (Å²) in [6, 6.07) is 8.95. The lowest BCUT2D eigenvalue weighted by Gasteiger charge is -2.29. The topological polar surface area (TPSA) is 30.5 Å². The quantitative estimate of drug-likeness (QED) is 0.856. The van der Waals surface area contributed by atoms with Gasteiger partial charge in [-0.25, -0.2) is 0 Å². The van der Waals surface area contributed by atoms with Crippen molar-refractivity contribution in [2.75, 3.05) is 20.8 Å². The number of benzene rings is 1. The van der Waals surface area contributed by atoms with Crippen LogP contribution >= 0.6 is 0 Å². The van der Waals surface area contributed by atoms with E-state index in [4.69, 9.17) is 9.47 Å². The van der Waals surface area contributed by atoms with Crippen molar-refractivity contribution in [3.8, 4) is 5.75 Å². The fraction of sp³-hybridized carbons (Fsp3) is 0.625. The second-order valence-corrected chi connectivity index (χ2v) is 5.27. The van der Waals surface area contributed by atoms with Gasteiger partial charge in [0.05, 0.1) is 13.2 Å². The van der Waals surface area contributed by atoms with Crippen molar-refractivity contribution < 1.29 is 9.47 Å². The summed E-state index contributed by atoms with van der Waals surface area (Å²) in [7, 11) is 3.52. The zero-order valence-corrected chi connectivity index (χ0v) is 12.0. The second-order valence-electron chi connectivity index (χ2n) is 5.27. The highest BCUT2D eigenvalue weighted by Gasteiger charge is 2.20. The Morgan fingerprint density at radius 2 is 1.95 bits per heavy atom. The number of hydrogen-bond acceptors (Lipinski definition) is 3. The first-order chi connectivity index (χ1) is 9.31. The zero-order valence-electron chi connectivity index (χ0n) is 12.0. The van der Waals surface area contributed by atoms with Crippen LogP contribution in [-0.2, 0) is 11.2 Å². The summed E-state index contributed by atoms with van der Waals surface area (Å²) in [5.74, 6) is 0.923. The minimum atomic E-state index is 0.451. The van der Waals surface area contributed by atoms with Gasteiger partial charge in [-0.1, -0.05) is 12.1 Å². The molecule has 19 heavy (non-hydrogen) atoms. The average Bonchev–Trinajstić information content (AvgIpc) is 2.48. The molecule has 106 valence electrons. The SMILES string of the molecule is COc1ccc(CCNC2CCCC(OC)C2)cc1. The minimum Gasteiger partial charge on any atom is -0.497 e. The van der Waals surface area contributed by atoms with Crippen molar-refractivity contribution >= 4 is 0 Å². The third-order valence-corrected chi connectivity index (χ3v) is 3.97. The fourth-order valence-electron chi connectivity index (χ4n) is 2.76. The van der Waals surface area contributed by atoms with Crippen LogP contribution in [0.25, 0.3) is 0 Å². The molecule has 1 N–H and O–H groups in total. The molecule has 2 atom stereocenters. The molecule has 3 heteroatoms. The molecule has 2 unspecified atom stereocenters. The number of methoxy groups -OCH3 is 2. The van der Waals surface area contributed by atoms with Gasteiger partial charge < -0.3 is 14.8 Å². The van der Waals surface area contributed by atoms with Gasteiger partial charge in [0, 0.05) is 13.2 Å². The van der Waals surface area contributed by atoms with E-state index in [0.717, 1.165) is 25.1 Å². The molecule has 2 rings (SSSR count). The van der Waals surface area contributed by atoms with E-state index < -0.39 is 0 Å². The third-order valence-electron chi connectivity index (χ3n) is 3.97. The van der Waals surface area contributed by atoms with Gasteiger partial charge in [0.15, 0.2) is 0 Å². The lowest BCUT2D eigenvalue weighted by Crippen LogP contribution is -2.37. The molecule has 1 aliphatic carbocycles. The molecule has 0 radical (unpaired) electrons. The van der Waals surface area contributed by atoms with Crippen LogP contribution in [0.4, 0.5) is 0 Å². The summed E-state index contributed by atoms with van der Waals surface area (Å²) in [5, 5.41) is 3.65. The molecular weight excluding hydrogens is 238 g/mol. The number of hydrogen-bond donors (Lipinski definition) is 1. The van der Waals surface area contributed by atoms with Gasteiger partial charge in [-0.05, 0) is 56.3 Å². The van der Waals surface area contributed by atoms with E-state index in [9.17, 15) is 0 Å². The highest BCUT2D eigenvalue weighted by molar-refractivity contribution is 5.27. The Labute approximate surface area is 116 Å². The number of rotatable bonds is 6. The maximum Gasteiger partial charge on any atom is 0.118 e. The molecule has 1 fully saturated rings. The molecule has 3 nitrogen and oxygen atoms in total. The van der Waals surface area contributed by atoms with Crippen LogP contribution < -0.4 is 10.1 Å². The summed E-state index contributed by atoms with van der Waals surface area (Å²) in [5.41, 5.74) is 1.35.